The molecule has 118 valence electrons. The van der Waals surface area contributed by atoms with Crippen LogP contribution in [0.4, 0.5) is 0 Å². The van der Waals surface area contributed by atoms with E-state index >= 15 is 0 Å². The van der Waals surface area contributed by atoms with Crippen LogP contribution in [0, 0.1) is 5.41 Å². The molecule has 0 atom stereocenters. The van der Waals surface area contributed by atoms with Crippen LogP contribution < -0.4 is 10.1 Å². The zero-order valence-corrected chi connectivity index (χ0v) is 13.7. The lowest BCUT2D eigenvalue weighted by atomic mass is 9.73. The van der Waals surface area contributed by atoms with Crippen LogP contribution in [-0.4, -0.2) is 36.7 Å². The second kappa shape index (κ2) is 5.10. The number of hydrogen-bond acceptors (Lipinski definition) is 3. The summed E-state index contributed by atoms with van der Waals surface area (Å²) in [4.78, 5) is 2.59. The van der Waals surface area contributed by atoms with Crippen LogP contribution in [0.2, 0.25) is 0 Å². The van der Waals surface area contributed by atoms with Gasteiger partial charge in [-0.1, -0.05) is 24.3 Å². The fourth-order valence-electron chi connectivity index (χ4n) is 3.83. The zero-order chi connectivity index (χ0) is 15.2. The van der Waals surface area contributed by atoms with E-state index < -0.39 is 0 Å². The van der Waals surface area contributed by atoms with Crippen LogP contribution in [0.5, 0.6) is 5.75 Å². The molecule has 1 N–H and O–H groups in total. The lowest BCUT2D eigenvalue weighted by Crippen LogP contribution is -2.58. The summed E-state index contributed by atoms with van der Waals surface area (Å²) in [5.74, 6) is 1.08. The van der Waals surface area contributed by atoms with Crippen molar-refractivity contribution in [2.45, 2.75) is 38.8 Å². The minimum atomic E-state index is -0.202. The largest absolute Gasteiger partial charge is 0.483 e. The Bertz CT molecular complexity index is 591. The van der Waals surface area contributed by atoms with Crippen molar-refractivity contribution in [3.05, 3.63) is 35.4 Å². The summed E-state index contributed by atoms with van der Waals surface area (Å²) in [6.45, 7) is 10.1. The molecule has 0 saturated carbocycles. The van der Waals surface area contributed by atoms with E-state index in [9.17, 15) is 0 Å². The van der Waals surface area contributed by atoms with Crippen molar-refractivity contribution in [3.8, 4) is 5.75 Å². The number of benzene rings is 1. The quantitative estimate of drug-likeness (QED) is 0.908. The van der Waals surface area contributed by atoms with Crippen molar-refractivity contribution in [3.63, 3.8) is 0 Å². The first-order chi connectivity index (χ1) is 10.6. The fraction of sp³-hybridized carbons (Fsp3) is 0.579. The Morgan fingerprint density at radius 1 is 1.18 bits per heavy atom. The lowest BCUT2D eigenvalue weighted by molar-refractivity contribution is 0.0510. The molecular formula is C19H26N2O. The van der Waals surface area contributed by atoms with Crippen molar-refractivity contribution < 1.29 is 4.74 Å². The number of likely N-dealkylation sites (tertiary alicyclic amines) is 1. The van der Waals surface area contributed by atoms with Gasteiger partial charge in [0, 0.05) is 30.8 Å². The molecule has 2 saturated heterocycles. The van der Waals surface area contributed by atoms with Gasteiger partial charge in [0.05, 0.1) is 0 Å². The van der Waals surface area contributed by atoms with Gasteiger partial charge in [-0.25, -0.2) is 0 Å². The third-order valence-corrected chi connectivity index (χ3v) is 5.47. The van der Waals surface area contributed by atoms with E-state index in [4.69, 9.17) is 4.74 Å². The zero-order valence-electron chi connectivity index (χ0n) is 13.7. The molecule has 3 aliphatic rings. The summed E-state index contributed by atoms with van der Waals surface area (Å²) >= 11 is 0. The lowest BCUT2D eigenvalue weighted by Gasteiger charge is -2.48. The smallest absolute Gasteiger partial charge is 0.132 e. The summed E-state index contributed by atoms with van der Waals surface area (Å²) in [6.07, 6.45) is 7.02. The Balaban J connectivity index is 1.49. The minimum Gasteiger partial charge on any atom is -0.483 e. The van der Waals surface area contributed by atoms with Crippen LogP contribution in [-0.2, 0) is 6.54 Å². The first kappa shape index (κ1) is 14.3. The predicted molar refractivity (Wildman–Crippen MR) is 90.0 cm³/mol. The van der Waals surface area contributed by atoms with Crippen molar-refractivity contribution >= 4 is 6.08 Å². The highest BCUT2D eigenvalue weighted by atomic mass is 16.5. The van der Waals surface area contributed by atoms with Crippen molar-refractivity contribution in [1.82, 2.24) is 10.2 Å². The van der Waals surface area contributed by atoms with Crippen LogP contribution >= 0.6 is 0 Å². The van der Waals surface area contributed by atoms with Crippen LogP contribution in [0.15, 0.2) is 24.3 Å². The predicted octanol–water partition coefficient (Wildman–Crippen LogP) is 3.06. The van der Waals surface area contributed by atoms with Gasteiger partial charge in [-0.3, -0.25) is 4.90 Å². The monoisotopic (exact) mass is 298 g/mol. The number of piperidine rings is 1. The van der Waals surface area contributed by atoms with E-state index in [1.54, 1.807) is 0 Å². The average molecular weight is 298 g/mol. The molecule has 3 aliphatic heterocycles. The summed E-state index contributed by atoms with van der Waals surface area (Å²) in [7, 11) is 0. The molecule has 1 spiro atoms. The van der Waals surface area contributed by atoms with Gasteiger partial charge in [0.2, 0.25) is 0 Å². The van der Waals surface area contributed by atoms with Gasteiger partial charge in [0.15, 0.2) is 0 Å². The van der Waals surface area contributed by atoms with Gasteiger partial charge in [-0.2, -0.15) is 0 Å². The molecule has 1 aromatic rings. The van der Waals surface area contributed by atoms with Gasteiger partial charge in [-0.15, -0.1) is 0 Å². The average Bonchev–Trinajstić information content (AvgIpc) is 2.46. The van der Waals surface area contributed by atoms with Crippen molar-refractivity contribution in [2.75, 3.05) is 26.2 Å². The molecule has 4 rings (SSSR count). The molecule has 3 heterocycles. The molecule has 1 aromatic carbocycles. The summed E-state index contributed by atoms with van der Waals surface area (Å²) in [5, 5.41) is 3.44. The number of nitrogens with zero attached hydrogens (tertiary/aromatic N) is 1. The van der Waals surface area contributed by atoms with E-state index in [0.717, 1.165) is 12.3 Å². The number of nitrogens with one attached hydrogen (secondary N) is 1. The number of hydrogen-bond donors (Lipinski definition) is 1. The Hall–Kier alpha value is -1.32. The molecule has 0 amide bonds. The van der Waals surface area contributed by atoms with Crippen molar-refractivity contribution in [1.29, 1.82) is 0 Å². The van der Waals surface area contributed by atoms with Gasteiger partial charge >= 0.3 is 0 Å². The van der Waals surface area contributed by atoms with E-state index in [2.05, 4.69) is 54.4 Å². The van der Waals surface area contributed by atoms with E-state index in [0.29, 0.717) is 5.41 Å². The second-order valence-electron chi connectivity index (χ2n) is 7.75. The van der Waals surface area contributed by atoms with Gasteiger partial charge in [0.1, 0.15) is 11.4 Å². The summed E-state index contributed by atoms with van der Waals surface area (Å²) in [6, 6.07) is 6.53. The van der Waals surface area contributed by atoms with Crippen LogP contribution in [0.3, 0.4) is 0 Å². The number of fused-ring (bicyclic) bond motifs is 1. The number of para-hydroxylation sites is 1. The molecule has 0 unspecified atom stereocenters. The molecule has 22 heavy (non-hydrogen) atoms. The van der Waals surface area contributed by atoms with Crippen molar-refractivity contribution in [2.24, 2.45) is 5.41 Å². The van der Waals surface area contributed by atoms with Crippen LogP contribution in [0.25, 0.3) is 6.08 Å². The third-order valence-electron chi connectivity index (χ3n) is 5.47. The molecule has 0 bridgehead atoms. The highest BCUT2D eigenvalue weighted by Gasteiger charge is 2.39. The standard InChI is InChI=1S/C19H26N2O/c1-18(2)7-6-15-4-3-5-16(17(15)22-18)12-21-10-8-19(9-11-21)13-20-14-19/h3-7,20H,8-14H2,1-2H3. The maximum absolute atomic E-state index is 6.24. The topological polar surface area (TPSA) is 24.5 Å². The maximum Gasteiger partial charge on any atom is 0.132 e. The maximum atomic E-state index is 6.24. The van der Waals surface area contributed by atoms with E-state index in [1.807, 2.05) is 0 Å². The second-order valence-corrected chi connectivity index (χ2v) is 7.75. The molecular weight excluding hydrogens is 272 g/mol. The molecule has 0 aliphatic carbocycles. The van der Waals surface area contributed by atoms with Gasteiger partial charge in [-0.05, 0) is 51.3 Å². The van der Waals surface area contributed by atoms with E-state index in [1.165, 1.54) is 50.1 Å². The SMILES string of the molecule is CC1(C)C=Cc2cccc(CN3CCC4(CC3)CNC4)c2O1. The van der Waals surface area contributed by atoms with Crippen LogP contribution in [0.1, 0.15) is 37.8 Å². The van der Waals surface area contributed by atoms with E-state index in [-0.39, 0.29) is 5.60 Å². The summed E-state index contributed by atoms with van der Waals surface area (Å²) < 4.78 is 6.24. The third kappa shape index (κ3) is 2.57. The Kier molecular flexibility index (Phi) is 3.31. The van der Waals surface area contributed by atoms with Gasteiger partial charge < -0.3 is 10.1 Å². The molecule has 0 aromatic heterocycles. The normalized spacial score (nSPS) is 25.4. The number of rotatable bonds is 2. The summed E-state index contributed by atoms with van der Waals surface area (Å²) in [5.41, 5.74) is 2.96. The molecule has 2 fully saturated rings. The first-order valence-electron chi connectivity index (χ1n) is 8.49. The minimum absolute atomic E-state index is 0.202. The Morgan fingerprint density at radius 3 is 2.64 bits per heavy atom. The molecule has 0 radical (unpaired) electrons. The Morgan fingerprint density at radius 2 is 1.95 bits per heavy atom. The molecule has 3 nitrogen and oxygen atoms in total. The highest BCUT2D eigenvalue weighted by Crippen LogP contribution is 2.38. The van der Waals surface area contributed by atoms with Gasteiger partial charge in [0.25, 0.3) is 0 Å². The fourth-order valence-corrected chi connectivity index (χ4v) is 3.83. The molecule has 3 heteroatoms. The number of ether oxygens (including phenoxy) is 1. The first-order valence-corrected chi connectivity index (χ1v) is 8.49. The highest BCUT2D eigenvalue weighted by molar-refractivity contribution is 5.63. The Labute approximate surface area is 133 Å².